The third-order valence-corrected chi connectivity index (χ3v) is 3.56. The fraction of sp³-hybridized carbons (Fsp3) is 0.214. The zero-order valence-corrected chi connectivity index (χ0v) is 13.0. The molecule has 0 saturated carbocycles. The summed E-state index contributed by atoms with van der Waals surface area (Å²) in [4.78, 5) is 4.46. The SMILES string of the molecule is CCOc1nc(-c2cc(OC)ccc2I)ccc1N. The van der Waals surface area contributed by atoms with Gasteiger partial charge in [-0.3, -0.25) is 0 Å². The van der Waals surface area contributed by atoms with Crippen LogP contribution in [0.4, 0.5) is 5.69 Å². The summed E-state index contributed by atoms with van der Waals surface area (Å²) < 4.78 is 11.8. The van der Waals surface area contributed by atoms with Crippen LogP contribution < -0.4 is 15.2 Å². The Balaban J connectivity index is 2.49. The molecule has 0 saturated heterocycles. The first-order chi connectivity index (χ1) is 9.15. The number of hydrogen-bond donors (Lipinski definition) is 1. The predicted molar refractivity (Wildman–Crippen MR) is 84.5 cm³/mol. The first-order valence-electron chi connectivity index (χ1n) is 5.89. The van der Waals surface area contributed by atoms with E-state index in [1.807, 2.05) is 37.3 Å². The highest BCUT2D eigenvalue weighted by Gasteiger charge is 2.10. The van der Waals surface area contributed by atoms with Crippen molar-refractivity contribution in [3.63, 3.8) is 0 Å². The van der Waals surface area contributed by atoms with Gasteiger partial charge in [-0.25, -0.2) is 4.98 Å². The molecule has 1 heterocycles. The molecule has 0 bridgehead atoms. The quantitative estimate of drug-likeness (QED) is 0.839. The molecule has 0 amide bonds. The van der Waals surface area contributed by atoms with Gasteiger partial charge >= 0.3 is 0 Å². The molecule has 1 aromatic heterocycles. The van der Waals surface area contributed by atoms with Crippen LogP contribution >= 0.6 is 22.6 Å². The van der Waals surface area contributed by atoms with Crippen molar-refractivity contribution in [2.75, 3.05) is 19.5 Å². The summed E-state index contributed by atoms with van der Waals surface area (Å²) in [5.41, 5.74) is 8.20. The molecule has 1 aromatic carbocycles. The van der Waals surface area contributed by atoms with Crippen molar-refractivity contribution in [1.29, 1.82) is 0 Å². The summed E-state index contributed by atoms with van der Waals surface area (Å²) in [5, 5.41) is 0. The number of aromatic nitrogens is 1. The summed E-state index contributed by atoms with van der Waals surface area (Å²) in [6, 6.07) is 9.56. The lowest BCUT2D eigenvalue weighted by molar-refractivity contribution is 0.329. The Kier molecular flexibility index (Phi) is 4.47. The number of ether oxygens (including phenoxy) is 2. The largest absolute Gasteiger partial charge is 0.497 e. The molecule has 4 nitrogen and oxygen atoms in total. The number of methoxy groups -OCH3 is 1. The van der Waals surface area contributed by atoms with Crippen molar-refractivity contribution in [3.8, 4) is 22.9 Å². The first-order valence-corrected chi connectivity index (χ1v) is 6.96. The van der Waals surface area contributed by atoms with Gasteiger partial charge < -0.3 is 15.2 Å². The van der Waals surface area contributed by atoms with Crippen molar-refractivity contribution in [2.24, 2.45) is 0 Å². The number of halogens is 1. The third-order valence-electron chi connectivity index (χ3n) is 2.62. The van der Waals surface area contributed by atoms with Crippen LogP contribution in [0.15, 0.2) is 30.3 Å². The van der Waals surface area contributed by atoms with Gasteiger partial charge in [-0.2, -0.15) is 0 Å². The molecule has 0 radical (unpaired) electrons. The fourth-order valence-corrected chi connectivity index (χ4v) is 2.29. The molecular weight excluding hydrogens is 355 g/mol. The Morgan fingerprint density at radius 3 is 2.74 bits per heavy atom. The molecule has 0 aliphatic rings. The van der Waals surface area contributed by atoms with Crippen molar-refractivity contribution in [1.82, 2.24) is 4.98 Å². The second-order valence-corrected chi connectivity index (χ2v) is 5.03. The Hall–Kier alpha value is -1.50. The molecule has 0 spiro atoms. The first kappa shape index (κ1) is 13.9. The number of benzene rings is 1. The maximum atomic E-state index is 5.83. The van der Waals surface area contributed by atoms with E-state index in [4.69, 9.17) is 15.2 Å². The lowest BCUT2D eigenvalue weighted by atomic mass is 10.1. The molecule has 0 aliphatic carbocycles. The minimum atomic E-state index is 0.471. The van der Waals surface area contributed by atoms with E-state index in [9.17, 15) is 0 Å². The second kappa shape index (κ2) is 6.10. The van der Waals surface area contributed by atoms with Crippen LogP contribution in [-0.4, -0.2) is 18.7 Å². The standard InChI is InChI=1S/C14H15IN2O2/c1-3-19-14-12(16)6-7-13(17-14)10-8-9(18-2)4-5-11(10)15/h4-8H,3,16H2,1-2H3. The summed E-state index contributed by atoms with van der Waals surface area (Å²) in [6.07, 6.45) is 0. The summed E-state index contributed by atoms with van der Waals surface area (Å²) >= 11 is 2.27. The molecule has 2 rings (SSSR count). The second-order valence-electron chi connectivity index (χ2n) is 3.87. The van der Waals surface area contributed by atoms with Gasteiger partial charge in [0.15, 0.2) is 0 Å². The van der Waals surface area contributed by atoms with E-state index >= 15 is 0 Å². The maximum Gasteiger partial charge on any atom is 0.237 e. The van der Waals surface area contributed by atoms with E-state index in [0.29, 0.717) is 18.2 Å². The Morgan fingerprint density at radius 2 is 2.05 bits per heavy atom. The van der Waals surface area contributed by atoms with E-state index < -0.39 is 0 Å². The average Bonchev–Trinajstić information content (AvgIpc) is 2.42. The molecule has 2 N–H and O–H groups in total. The fourth-order valence-electron chi connectivity index (χ4n) is 1.68. The normalized spacial score (nSPS) is 10.3. The van der Waals surface area contributed by atoms with Crippen LogP contribution in [0.25, 0.3) is 11.3 Å². The third kappa shape index (κ3) is 3.09. The monoisotopic (exact) mass is 370 g/mol. The Morgan fingerprint density at radius 1 is 1.26 bits per heavy atom. The van der Waals surface area contributed by atoms with Gasteiger partial charge in [-0.05, 0) is 59.8 Å². The van der Waals surface area contributed by atoms with Crippen LogP contribution in [-0.2, 0) is 0 Å². The van der Waals surface area contributed by atoms with E-state index in [-0.39, 0.29) is 0 Å². The molecule has 19 heavy (non-hydrogen) atoms. The van der Waals surface area contributed by atoms with Crippen LogP contribution in [0.3, 0.4) is 0 Å². The average molecular weight is 370 g/mol. The van der Waals surface area contributed by atoms with Gasteiger partial charge in [-0.15, -0.1) is 0 Å². The van der Waals surface area contributed by atoms with Gasteiger partial charge in [0.2, 0.25) is 5.88 Å². The number of nitrogen functional groups attached to an aromatic ring is 1. The lowest BCUT2D eigenvalue weighted by Gasteiger charge is -2.10. The molecule has 0 atom stereocenters. The number of rotatable bonds is 4. The zero-order valence-electron chi connectivity index (χ0n) is 10.8. The van der Waals surface area contributed by atoms with Crippen LogP contribution in [0.5, 0.6) is 11.6 Å². The van der Waals surface area contributed by atoms with Gasteiger partial charge in [-0.1, -0.05) is 0 Å². The highest BCUT2D eigenvalue weighted by Crippen LogP contribution is 2.30. The topological polar surface area (TPSA) is 57.4 Å². The molecule has 100 valence electrons. The highest BCUT2D eigenvalue weighted by atomic mass is 127. The summed E-state index contributed by atoms with van der Waals surface area (Å²) in [6.45, 7) is 2.44. The number of pyridine rings is 1. The Labute approximate surface area is 126 Å². The number of hydrogen-bond acceptors (Lipinski definition) is 4. The van der Waals surface area contributed by atoms with Gasteiger partial charge in [0.1, 0.15) is 5.75 Å². The summed E-state index contributed by atoms with van der Waals surface area (Å²) in [7, 11) is 1.65. The number of nitrogens with zero attached hydrogens (tertiary/aromatic N) is 1. The van der Waals surface area contributed by atoms with Crippen LogP contribution in [0, 0.1) is 3.57 Å². The van der Waals surface area contributed by atoms with E-state index in [1.165, 1.54) is 0 Å². The van der Waals surface area contributed by atoms with Crippen molar-refractivity contribution in [3.05, 3.63) is 33.9 Å². The van der Waals surface area contributed by atoms with Gasteiger partial charge in [0, 0.05) is 9.13 Å². The van der Waals surface area contributed by atoms with Crippen LogP contribution in [0.1, 0.15) is 6.92 Å². The smallest absolute Gasteiger partial charge is 0.237 e. The Bertz CT molecular complexity index is 588. The number of nitrogens with two attached hydrogens (primary N) is 1. The van der Waals surface area contributed by atoms with Crippen LogP contribution in [0.2, 0.25) is 0 Å². The lowest BCUT2D eigenvalue weighted by Crippen LogP contribution is -2.00. The molecule has 0 aliphatic heterocycles. The van der Waals surface area contributed by atoms with E-state index in [2.05, 4.69) is 27.6 Å². The summed E-state index contributed by atoms with van der Waals surface area (Å²) in [5.74, 6) is 1.27. The molecule has 5 heteroatoms. The minimum Gasteiger partial charge on any atom is -0.497 e. The van der Waals surface area contributed by atoms with Crippen molar-refractivity contribution in [2.45, 2.75) is 6.92 Å². The zero-order chi connectivity index (χ0) is 13.8. The van der Waals surface area contributed by atoms with E-state index in [1.54, 1.807) is 7.11 Å². The molecular formula is C14H15IN2O2. The van der Waals surface area contributed by atoms with E-state index in [0.717, 1.165) is 20.6 Å². The maximum absolute atomic E-state index is 5.83. The number of anilines is 1. The molecule has 2 aromatic rings. The highest BCUT2D eigenvalue weighted by molar-refractivity contribution is 14.1. The van der Waals surface area contributed by atoms with Crippen molar-refractivity contribution < 1.29 is 9.47 Å². The van der Waals surface area contributed by atoms with Gasteiger partial charge in [0.05, 0.1) is 25.1 Å². The van der Waals surface area contributed by atoms with Gasteiger partial charge in [0.25, 0.3) is 0 Å². The minimum absolute atomic E-state index is 0.471. The molecule has 0 fully saturated rings. The molecule has 0 unspecified atom stereocenters. The van der Waals surface area contributed by atoms with Crippen molar-refractivity contribution >= 4 is 28.3 Å². The predicted octanol–water partition coefficient (Wildman–Crippen LogP) is 3.34.